The van der Waals surface area contributed by atoms with Gasteiger partial charge in [-0.25, -0.2) is 0 Å². The van der Waals surface area contributed by atoms with Crippen LogP contribution in [-0.4, -0.2) is 13.3 Å². The summed E-state index contributed by atoms with van der Waals surface area (Å²) in [5.41, 5.74) is -0.970. The van der Waals surface area contributed by atoms with Gasteiger partial charge in [-0.1, -0.05) is 29.2 Å². The van der Waals surface area contributed by atoms with Gasteiger partial charge in [0.05, 0.1) is 0 Å². The van der Waals surface area contributed by atoms with Crippen LogP contribution in [0.5, 0.6) is 0 Å². The van der Waals surface area contributed by atoms with Crippen LogP contribution in [0.1, 0.15) is 15.9 Å². The molecule has 1 aromatic carbocycles. The van der Waals surface area contributed by atoms with Gasteiger partial charge in [0.25, 0.3) is 0 Å². The zero-order chi connectivity index (χ0) is 10.1. The number of carbonyl (C=O) groups is 1. The van der Waals surface area contributed by atoms with Crippen LogP contribution in [0.2, 0.25) is 0 Å². The molecule has 0 saturated carbocycles. The molecule has 5 heteroatoms. The summed E-state index contributed by atoms with van der Waals surface area (Å²) in [5.74, 6) is 0. The molecular weight excluding hydrogens is 180 g/mol. The molecule has 1 aromatic rings. The second kappa shape index (κ2) is 3.24. The molecule has 0 bridgehead atoms. The topological polar surface area (TPSA) is 17.1 Å². The number of aryl methyl sites for hydroxylation is 1. The second-order valence-corrected chi connectivity index (χ2v) is 2.77. The van der Waals surface area contributed by atoms with E-state index in [0.29, 0.717) is 0 Å². The Balaban J connectivity index is 3.40. The van der Waals surface area contributed by atoms with Crippen molar-refractivity contribution in [3.05, 3.63) is 29.3 Å². The lowest BCUT2D eigenvalue weighted by molar-refractivity contribution is 0.112. The average Bonchev–Trinajstić information content (AvgIpc) is 2.01. The highest BCUT2D eigenvalue weighted by molar-refractivity contribution is 6.75. The van der Waals surface area contributed by atoms with E-state index in [1.54, 1.807) is 0 Å². The lowest BCUT2D eigenvalue weighted by Gasteiger charge is -2.19. The first-order chi connectivity index (χ1) is 5.96. The van der Waals surface area contributed by atoms with E-state index in [2.05, 4.69) is 0 Å². The Morgan fingerprint density at radius 3 is 2.31 bits per heavy atom. The second-order valence-electron chi connectivity index (χ2n) is 2.77. The predicted molar refractivity (Wildman–Crippen MR) is 45.3 cm³/mol. The maximum Gasteiger partial charge on any atom is 0.510 e. The fourth-order valence-electron chi connectivity index (χ4n) is 1.25. The zero-order valence-corrected chi connectivity index (χ0v) is 6.93. The van der Waals surface area contributed by atoms with Gasteiger partial charge in [0, 0.05) is 0 Å². The zero-order valence-electron chi connectivity index (χ0n) is 6.93. The van der Waals surface area contributed by atoms with Crippen molar-refractivity contribution in [3.63, 3.8) is 0 Å². The first kappa shape index (κ1) is 9.83. The van der Waals surface area contributed by atoms with Gasteiger partial charge in [-0.15, -0.1) is 0 Å². The third kappa shape index (κ3) is 1.91. The molecule has 0 radical (unpaired) electrons. The molecular formula is C8H7BF3O-. The number of halogens is 3. The first-order valence-corrected chi connectivity index (χ1v) is 3.71. The summed E-state index contributed by atoms with van der Waals surface area (Å²) < 4.78 is 37.2. The van der Waals surface area contributed by atoms with Crippen LogP contribution in [0.3, 0.4) is 0 Å². The molecule has 0 N–H and O–H groups in total. The Bertz CT molecular complexity index is 333. The molecule has 0 amide bonds. The van der Waals surface area contributed by atoms with E-state index in [-0.39, 0.29) is 17.4 Å². The van der Waals surface area contributed by atoms with E-state index in [0.717, 1.165) is 0 Å². The van der Waals surface area contributed by atoms with Crippen molar-refractivity contribution in [3.8, 4) is 0 Å². The fraction of sp³-hybridized carbons (Fsp3) is 0.125. The number of aldehydes is 1. The summed E-state index contributed by atoms with van der Waals surface area (Å²) in [5, 5.41) is 0. The highest BCUT2D eigenvalue weighted by atomic mass is 19.4. The Hall–Kier alpha value is -1.26. The van der Waals surface area contributed by atoms with Gasteiger partial charge in [0.1, 0.15) is 6.29 Å². The third-order valence-corrected chi connectivity index (χ3v) is 1.81. The van der Waals surface area contributed by atoms with Crippen LogP contribution >= 0.6 is 0 Å². The standard InChI is InChI=1S/C8H7BF3O/c1-6-3-2-4-7(5-13)8(6)9(10,11)12/h2-5H,1H3/q-1. The molecule has 0 atom stereocenters. The van der Waals surface area contributed by atoms with E-state index in [9.17, 15) is 17.7 Å². The van der Waals surface area contributed by atoms with Gasteiger partial charge in [-0.3, -0.25) is 4.79 Å². The van der Waals surface area contributed by atoms with E-state index < -0.39 is 12.4 Å². The van der Waals surface area contributed by atoms with Crippen molar-refractivity contribution in [2.24, 2.45) is 0 Å². The molecule has 13 heavy (non-hydrogen) atoms. The molecule has 0 aliphatic rings. The lowest BCUT2D eigenvalue weighted by atomic mass is 9.74. The fourth-order valence-corrected chi connectivity index (χ4v) is 1.25. The molecule has 0 unspecified atom stereocenters. The van der Waals surface area contributed by atoms with Gasteiger partial charge in [-0.05, 0) is 12.5 Å². The number of rotatable bonds is 2. The van der Waals surface area contributed by atoms with Crippen molar-refractivity contribution < 1.29 is 17.7 Å². The lowest BCUT2D eigenvalue weighted by Crippen LogP contribution is -2.38. The predicted octanol–water partition coefficient (Wildman–Crippen LogP) is 1.86. The molecule has 1 nitrogen and oxygen atoms in total. The molecule has 70 valence electrons. The molecule has 0 aliphatic heterocycles. The van der Waals surface area contributed by atoms with Crippen molar-refractivity contribution in [2.45, 2.75) is 6.92 Å². The summed E-state index contributed by atoms with van der Waals surface area (Å²) in [4.78, 5) is 10.3. The van der Waals surface area contributed by atoms with Gasteiger partial charge >= 0.3 is 6.98 Å². The summed E-state index contributed by atoms with van der Waals surface area (Å²) >= 11 is 0. The quantitative estimate of drug-likeness (QED) is 0.510. The summed E-state index contributed by atoms with van der Waals surface area (Å²) in [6.45, 7) is -3.75. The number of benzene rings is 1. The Morgan fingerprint density at radius 2 is 1.92 bits per heavy atom. The summed E-state index contributed by atoms with van der Waals surface area (Å²) in [6.07, 6.45) is 0.234. The molecule has 0 fully saturated rings. The molecule has 0 spiro atoms. The summed E-state index contributed by atoms with van der Waals surface area (Å²) in [7, 11) is 0. The first-order valence-electron chi connectivity index (χ1n) is 3.71. The van der Waals surface area contributed by atoms with Crippen LogP contribution in [-0.2, 0) is 0 Å². The van der Waals surface area contributed by atoms with Crippen LogP contribution in [0.4, 0.5) is 12.9 Å². The SMILES string of the molecule is Cc1cccc(C=O)c1[B-](F)(F)F. The van der Waals surface area contributed by atoms with E-state index >= 15 is 0 Å². The van der Waals surface area contributed by atoms with Crippen LogP contribution < -0.4 is 5.46 Å². The van der Waals surface area contributed by atoms with Crippen LogP contribution in [0, 0.1) is 6.92 Å². The Kier molecular flexibility index (Phi) is 2.45. The molecule has 0 aliphatic carbocycles. The average molecular weight is 187 g/mol. The van der Waals surface area contributed by atoms with Crippen molar-refractivity contribution in [1.29, 1.82) is 0 Å². The van der Waals surface area contributed by atoms with Gasteiger partial charge in [-0.2, -0.15) is 0 Å². The normalized spacial score (nSPS) is 11.4. The van der Waals surface area contributed by atoms with Crippen molar-refractivity contribution >= 4 is 18.7 Å². The van der Waals surface area contributed by atoms with E-state index in [4.69, 9.17) is 0 Å². The highest BCUT2D eigenvalue weighted by Crippen LogP contribution is 2.13. The molecule has 0 saturated heterocycles. The monoisotopic (exact) mass is 187 g/mol. The van der Waals surface area contributed by atoms with E-state index in [1.165, 1.54) is 25.1 Å². The largest absolute Gasteiger partial charge is 0.510 e. The van der Waals surface area contributed by atoms with Crippen LogP contribution in [0.15, 0.2) is 18.2 Å². The molecule has 1 rings (SSSR count). The van der Waals surface area contributed by atoms with Crippen LogP contribution in [0.25, 0.3) is 0 Å². The minimum atomic E-state index is -5.09. The molecule has 0 aromatic heterocycles. The number of carbonyl (C=O) groups excluding carboxylic acids is 1. The number of hydrogen-bond donors (Lipinski definition) is 0. The van der Waals surface area contributed by atoms with Gasteiger partial charge < -0.3 is 12.9 Å². The number of hydrogen-bond acceptors (Lipinski definition) is 1. The minimum absolute atomic E-state index is 0.0945. The minimum Gasteiger partial charge on any atom is -0.445 e. The Labute approximate surface area is 73.6 Å². The maximum absolute atomic E-state index is 12.4. The third-order valence-electron chi connectivity index (χ3n) is 1.81. The van der Waals surface area contributed by atoms with Gasteiger partial charge in [0.15, 0.2) is 0 Å². The summed E-state index contributed by atoms with van der Waals surface area (Å²) in [6, 6.07) is 3.95. The van der Waals surface area contributed by atoms with Gasteiger partial charge in [0.2, 0.25) is 0 Å². The van der Waals surface area contributed by atoms with Crippen molar-refractivity contribution in [1.82, 2.24) is 0 Å². The highest BCUT2D eigenvalue weighted by Gasteiger charge is 2.29. The van der Waals surface area contributed by atoms with E-state index in [1.807, 2.05) is 0 Å². The Morgan fingerprint density at radius 1 is 1.31 bits per heavy atom. The molecule has 0 heterocycles. The smallest absolute Gasteiger partial charge is 0.445 e. The van der Waals surface area contributed by atoms with Crippen molar-refractivity contribution in [2.75, 3.05) is 0 Å². The maximum atomic E-state index is 12.4.